The molecule has 2 heteroatoms. The molecule has 0 saturated carbocycles. The summed E-state index contributed by atoms with van der Waals surface area (Å²) >= 11 is 0. The Morgan fingerprint density at radius 2 is 1.76 bits per heavy atom. The van der Waals surface area contributed by atoms with Crippen LogP contribution in [0.3, 0.4) is 0 Å². The van der Waals surface area contributed by atoms with E-state index in [1.54, 1.807) is 0 Å². The van der Waals surface area contributed by atoms with E-state index in [9.17, 15) is 0 Å². The van der Waals surface area contributed by atoms with Crippen LogP contribution in [0.2, 0.25) is 0 Å². The van der Waals surface area contributed by atoms with E-state index in [4.69, 9.17) is 4.74 Å². The van der Waals surface area contributed by atoms with E-state index in [0.29, 0.717) is 6.04 Å². The number of hydrogen-bond acceptors (Lipinski definition) is 2. The van der Waals surface area contributed by atoms with Crippen molar-refractivity contribution in [2.24, 2.45) is 0 Å². The van der Waals surface area contributed by atoms with Gasteiger partial charge in [-0.3, -0.25) is 0 Å². The quantitative estimate of drug-likeness (QED) is 0.818. The van der Waals surface area contributed by atoms with Gasteiger partial charge in [0.25, 0.3) is 0 Å². The number of nitrogens with one attached hydrogen (secondary N) is 1. The van der Waals surface area contributed by atoms with E-state index in [2.05, 4.69) is 45.1 Å². The van der Waals surface area contributed by atoms with Crippen LogP contribution in [0.25, 0.3) is 0 Å². The highest BCUT2D eigenvalue weighted by Crippen LogP contribution is 2.15. The molecule has 1 aromatic rings. The van der Waals surface area contributed by atoms with Gasteiger partial charge in [-0.2, -0.15) is 0 Å². The van der Waals surface area contributed by atoms with Gasteiger partial charge in [0.1, 0.15) is 0 Å². The highest BCUT2D eigenvalue weighted by molar-refractivity contribution is 5.36. The maximum Gasteiger partial charge on any atom is 0.0616 e. The number of aryl methyl sites for hydroxylation is 3. The topological polar surface area (TPSA) is 21.3 Å². The first-order valence-corrected chi connectivity index (χ1v) is 6.42. The molecule has 1 aromatic carbocycles. The molecule has 0 heterocycles. The van der Waals surface area contributed by atoms with E-state index in [1.165, 1.54) is 22.3 Å². The van der Waals surface area contributed by atoms with Gasteiger partial charge in [-0.1, -0.05) is 12.1 Å². The molecule has 1 rings (SSSR count). The maximum absolute atomic E-state index is 5.39. The first-order chi connectivity index (χ1) is 8.04. The summed E-state index contributed by atoms with van der Waals surface area (Å²) < 4.78 is 5.39. The predicted octanol–water partition coefficient (Wildman–Crippen LogP) is 3.13. The van der Waals surface area contributed by atoms with Gasteiger partial charge in [-0.05, 0) is 56.9 Å². The Balaban J connectivity index is 2.54. The Hall–Kier alpha value is -0.860. The van der Waals surface area contributed by atoms with Crippen molar-refractivity contribution in [3.63, 3.8) is 0 Å². The van der Waals surface area contributed by atoms with Gasteiger partial charge < -0.3 is 10.1 Å². The minimum Gasteiger partial charge on any atom is -0.380 e. The highest BCUT2D eigenvalue weighted by Gasteiger charge is 2.04. The standard InChI is InChI=1S/C15H25NO/c1-6-17-10-14(5)16-9-15-8-12(3)11(2)7-13(15)4/h7-8,14,16H,6,9-10H2,1-5H3. The van der Waals surface area contributed by atoms with Crippen LogP contribution in [-0.4, -0.2) is 19.3 Å². The van der Waals surface area contributed by atoms with Crippen molar-refractivity contribution in [1.29, 1.82) is 0 Å². The van der Waals surface area contributed by atoms with Crippen LogP contribution in [0.4, 0.5) is 0 Å². The van der Waals surface area contributed by atoms with Crippen LogP contribution in [-0.2, 0) is 11.3 Å². The second kappa shape index (κ2) is 6.77. The Labute approximate surface area is 105 Å². The van der Waals surface area contributed by atoms with Crippen molar-refractivity contribution in [3.8, 4) is 0 Å². The van der Waals surface area contributed by atoms with Gasteiger partial charge in [0.15, 0.2) is 0 Å². The van der Waals surface area contributed by atoms with Crippen molar-refractivity contribution in [2.45, 2.75) is 47.2 Å². The summed E-state index contributed by atoms with van der Waals surface area (Å²) in [7, 11) is 0. The Bertz CT molecular complexity index is 360. The van der Waals surface area contributed by atoms with Crippen LogP contribution < -0.4 is 5.32 Å². The second-order valence-electron chi connectivity index (χ2n) is 4.80. The highest BCUT2D eigenvalue weighted by atomic mass is 16.5. The molecular formula is C15H25NO. The molecule has 17 heavy (non-hydrogen) atoms. The van der Waals surface area contributed by atoms with Gasteiger partial charge in [-0.15, -0.1) is 0 Å². The Morgan fingerprint density at radius 3 is 2.41 bits per heavy atom. The third-order valence-electron chi connectivity index (χ3n) is 3.17. The van der Waals surface area contributed by atoms with E-state index < -0.39 is 0 Å². The molecule has 0 aromatic heterocycles. The fraction of sp³-hybridized carbons (Fsp3) is 0.600. The fourth-order valence-corrected chi connectivity index (χ4v) is 1.85. The van der Waals surface area contributed by atoms with Crippen molar-refractivity contribution >= 4 is 0 Å². The number of hydrogen-bond donors (Lipinski definition) is 1. The molecule has 1 N–H and O–H groups in total. The SMILES string of the molecule is CCOCC(C)NCc1cc(C)c(C)cc1C. The second-order valence-corrected chi connectivity index (χ2v) is 4.80. The van der Waals surface area contributed by atoms with Crippen LogP contribution in [0, 0.1) is 20.8 Å². The summed E-state index contributed by atoms with van der Waals surface area (Å²) in [6.45, 7) is 13.2. The zero-order chi connectivity index (χ0) is 12.8. The zero-order valence-corrected chi connectivity index (χ0v) is 11.8. The van der Waals surface area contributed by atoms with Crippen LogP contribution in [0.15, 0.2) is 12.1 Å². The molecule has 1 unspecified atom stereocenters. The minimum absolute atomic E-state index is 0.399. The molecule has 0 fully saturated rings. The van der Waals surface area contributed by atoms with Gasteiger partial charge in [0.2, 0.25) is 0 Å². The van der Waals surface area contributed by atoms with Gasteiger partial charge >= 0.3 is 0 Å². The molecule has 0 spiro atoms. The molecular weight excluding hydrogens is 210 g/mol. The normalized spacial score (nSPS) is 12.8. The lowest BCUT2D eigenvalue weighted by Gasteiger charge is -2.16. The first kappa shape index (κ1) is 14.2. The molecule has 0 aliphatic rings. The number of rotatable bonds is 6. The lowest BCUT2D eigenvalue weighted by Crippen LogP contribution is -2.30. The maximum atomic E-state index is 5.39. The van der Waals surface area contributed by atoms with Crippen molar-refractivity contribution in [2.75, 3.05) is 13.2 Å². The van der Waals surface area contributed by atoms with Crippen molar-refractivity contribution < 1.29 is 4.74 Å². The molecule has 0 amide bonds. The van der Waals surface area contributed by atoms with Crippen molar-refractivity contribution in [3.05, 3.63) is 34.4 Å². The van der Waals surface area contributed by atoms with E-state index in [0.717, 1.165) is 19.8 Å². The summed E-state index contributed by atoms with van der Waals surface area (Å²) in [6.07, 6.45) is 0. The van der Waals surface area contributed by atoms with E-state index >= 15 is 0 Å². The molecule has 96 valence electrons. The average Bonchev–Trinajstić information content (AvgIpc) is 2.29. The largest absolute Gasteiger partial charge is 0.380 e. The molecule has 0 radical (unpaired) electrons. The molecule has 1 atom stereocenters. The smallest absolute Gasteiger partial charge is 0.0616 e. The van der Waals surface area contributed by atoms with Gasteiger partial charge in [0.05, 0.1) is 6.61 Å². The minimum atomic E-state index is 0.399. The van der Waals surface area contributed by atoms with Gasteiger partial charge in [-0.25, -0.2) is 0 Å². The lowest BCUT2D eigenvalue weighted by atomic mass is 10.0. The Kier molecular flexibility index (Phi) is 5.66. The number of benzene rings is 1. The first-order valence-electron chi connectivity index (χ1n) is 6.42. The molecule has 0 saturated heterocycles. The molecule has 0 aliphatic carbocycles. The third kappa shape index (κ3) is 4.49. The molecule has 2 nitrogen and oxygen atoms in total. The average molecular weight is 235 g/mol. The predicted molar refractivity (Wildman–Crippen MR) is 73.4 cm³/mol. The monoisotopic (exact) mass is 235 g/mol. The van der Waals surface area contributed by atoms with Crippen molar-refractivity contribution in [1.82, 2.24) is 5.32 Å². The fourth-order valence-electron chi connectivity index (χ4n) is 1.85. The summed E-state index contributed by atoms with van der Waals surface area (Å²) in [5.74, 6) is 0. The summed E-state index contributed by atoms with van der Waals surface area (Å²) in [5, 5.41) is 3.50. The van der Waals surface area contributed by atoms with E-state index in [-0.39, 0.29) is 0 Å². The molecule has 0 aliphatic heterocycles. The zero-order valence-electron chi connectivity index (χ0n) is 11.8. The third-order valence-corrected chi connectivity index (χ3v) is 3.17. The lowest BCUT2D eigenvalue weighted by molar-refractivity contribution is 0.127. The van der Waals surface area contributed by atoms with Crippen LogP contribution in [0.1, 0.15) is 36.1 Å². The summed E-state index contributed by atoms with van der Waals surface area (Å²) in [6, 6.07) is 4.95. The Morgan fingerprint density at radius 1 is 1.12 bits per heavy atom. The number of ether oxygens (including phenoxy) is 1. The van der Waals surface area contributed by atoms with Crippen LogP contribution >= 0.6 is 0 Å². The summed E-state index contributed by atoms with van der Waals surface area (Å²) in [4.78, 5) is 0. The van der Waals surface area contributed by atoms with E-state index in [1.807, 2.05) is 6.92 Å². The summed E-state index contributed by atoms with van der Waals surface area (Å²) in [5.41, 5.74) is 5.49. The van der Waals surface area contributed by atoms with Gasteiger partial charge in [0, 0.05) is 19.2 Å². The van der Waals surface area contributed by atoms with Crippen LogP contribution in [0.5, 0.6) is 0 Å². The molecule has 0 bridgehead atoms.